The Balaban J connectivity index is 2.12. The Kier molecular flexibility index (Phi) is 3.48. The van der Waals surface area contributed by atoms with Crippen LogP contribution in [0.25, 0.3) is 0 Å². The zero-order valence-electron chi connectivity index (χ0n) is 9.06. The highest BCUT2D eigenvalue weighted by molar-refractivity contribution is 5.94. The van der Waals surface area contributed by atoms with E-state index in [1.165, 1.54) is 0 Å². The second-order valence-corrected chi connectivity index (χ2v) is 3.69. The SMILES string of the molecule is NCc1cncc(C(=O)N2CCOCC2)c1. The van der Waals surface area contributed by atoms with Gasteiger partial charge in [-0.1, -0.05) is 0 Å². The van der Waals surface area contributed by atoms with E-state index in [0.717, 1.165) is 5.56 Å². The number of rotatable bonds is 2. The van der Waals surface area contributed by atoms with Gasteiger partial charge in [-0.25, -0.2) is 0 Å². The smallest absolute Gasteiger partial charge is 0.255 e. The number of ether oxygens (including phenoxy) is 1. The minimum Gasteiger partial charge on any atom is -0.378 e. The van der Waals surface area contributed by atoms with E-state index in [9.17, 15) is 4.79 Å². The van der Waals surface area contributed by atoms with E-state index in [4.69, 9.17) is 10.5 Å². The maximum absolute atomic E-state index is 12.1. The van der Waals surface area contributed by atoms with Crippen LogP contribution in [0.4, 0.5) is 0 Å². The number of morpholine rings is 1. The number of hydrogen-bond donors (Lipinski definition) is 1. The molecule has 0 unspecified atom stereocenters. The summed E-state index contributed by atoms with van der Waals surface area (Å²) in [4.78, 5) is 17.8. The highest BCUT2D eigenvalue weighted by atomic mass is 16.5. The Bertz CT molecular complexity index is 375. The first-order valence-corrected chi connectivity index (χ1v) is 5.32. The van der Waals surface area contributed by atoms with Gasteiger partial charge in [0.05, 0.1) is 18.8 Å². The average molecular weight is 221 g/mol. The number of nitrogens with zero attached hydrogens (tertiary/aromatic N) is 2. The molecule has 0 saturated carbocycles. The zero-order chi connectivity index (χ0) is 11.4. The van der Waals surface area contributed by atoms with Crippen LogP contribution >= 0.6 is 0 Å². The molecule has 1 amide bonds. The molecule has 5 nitrogen and oxygen atoms in total. The van der Waals surface area contributed by atoms with Gasteiger partial charge in [0.15, 0.2) is 0 Å². The van der Waals surface area contributed by atoms with E-state index in [0.29, 0.717) is 38.4 Å². The molecular formula is C11H15N3O2. The average Bonchev–Trinajstić information content (AvgIpc) is 2.39. The van der Waals surface area contributed by atoms with Crippen molar-refractivity contribution in [2.24, 2.45) is 5.73 Å². The molecule has 0 spiro atoms. The maximum Gasteiger partial charge on any atom is 0.255 e. The van der Waals surface area contributed by atoms with Gasteiger partial charge < -0.3 is 15.4 Å². The third-order valence-corrected chi connectivity index (χ3v) is 2.58. The maximum atomic E-state index is 12.1. The molecule has 86 valence electrons. The molecule has 2 heterocycles. The summed E-state index contributed by atoms with van der Waals surface area (Å²) in [5.41, 5.74) is 6.99. The molecule has 0 radical (unpaired) electrons. The molecule has 16 heavy (non-hydrogen) atoms. The number of aromatic nitrogens is 1. The van der Waals surface area contributed by atoms with Crippen LogP contribution in [0.2, 0.25) is 0 Å². The lowest BCUT2D eigenvalue weighted by atomic mass is 10.2. The normalized spacial score (nSPS) is 16.2. The molecule has 0 aliphatic carbocycles. The predicted molar refractivity (Wildman–Crippen MR) is 58.9 cm³/mol. The number of hydrogen-bond acceptors (Lipinski definition) is 4. The molecule has 2 rings (SSSR count). The summed E-state index contributed by atoms with van der Waals surface area (Å²) in [5, 5.41) is 0. The summed E-state index contributed by atoms with van der Waals surface area (Å²) in [6.45, 7) is 2.90. The molecule has 1 aromatic heterocycles. The Labute approximate surface area is 94.2 Å². The van der Waals surface area contributed by atoms with Gasteiger partial charge in [-0.2, -0.15) is 0 Å². The van der Waals surface area contributed by atoms with Crippen LogP contribution in [0, 0.1) is 0 Å². The summed E-state index contributed by atoms with van der Waals surface area (Å²) >= 11 is 0. The summed E-state index contributed by atoms with van der Waals surface area (Å²) in [5.74, 6) is 0.00565. The monoisotopic (exact) mass is 221 g/mol. The lowest BCUT2D eigenvalue weighted by Crippen LogP contribution is -2.40. The Morgan fingerprint density at radius 1 is 1.44 bits per heavy atom. The van der Waals surface area contributed by atoms with Crippen LogP contribution in [0.3, 0.4) is 0 Å². The van der Waals surface area contributed by atoms with Gasteiger partial charge >= 0.3 is 0 Å². The van der Waals surface area contributed by atoms with Gasteiger partial charge in [0.25, 0.3) is 5.91 Å². The van der Waals surface area contributed by atoms with Crippen LogP contribution in [0.15, 0.2) is 18.5 Å². The standard InChI is InChI=1S/C11H15N3O2/c12-6-9-5-10(8-13-7-9)11(15)14-1-3-16-4-2-14/h5,7-8H,1-4,6,12H2. The van der Waals surface area contributed by atoms with Crippen molar-refractivity contribution in [1.29, 1.82) is 0 Å². The van der Waals surface area contributed by atoms with Crippen LogP contribution in [0.5, 0.6) is 0 Å². The molecule has 1 saturated heterocycles. The topological polar surface area (TPSA) is 68.5 Å². The minimum atomic E-state index is 0.00565. The molecule has 0 aromatic carbocycles. The molecule has 1 aliphatic rings. The largest absolute Gasteiger partial charge is 0.378 e. The van der Waals surface area contributed by atoms with Gasteiger partial charge in [0.2, 0.25) is 0 Å². The molecule has 2 N–H and O–H groups in total. The Hall–Kier alpha value is -1.46. The number of amides is 1. The van der Waals surface area contributed by atoms with Crippen molar-refractivity contribution in [3.63, 3.8) is 0 Å². The zero-order valence-corrected chi connectivity index (χ0v) is 9.06. The van der Waals surface area contributed by atoms with Crippen molar-refractivity contribution < 1.29 is 9.53 Å². The van der Waals surface area contributed by atoms with Crippen LogP contribution in [-0.4, -0.2) is 42.1 Å². The lowest BCUT2D eigenvalue weighted by Gasteiger charge is -2.26. The third kappa shape index (κ3) is 2.37. The van der Waals surface area contributed by atoms with Crippen molar-refractivity contribution in [2.75, 3.05) is 26.3 Å². The quantitative estimate of drug-likeness (QED) is 0.764. The van der Waals surface area contributed by atoms with E-state index in [-0.39, 0.29) is 5.91 Å². The molecule has 0 bridgehead atoms. The number of nitrogens with two attached hydrogens (primary N) is 1. The fourth-order valence-corrected chi connectivity index (χ4v) is 1.67. The summed E-state index contributed by atoms with van der Waals surface area (Å²) < 4.78 is 5.20. The number of pyridine rings is 1. The fraction of sp³-hybridized carbons (Fsp3) is 0.455. The van der Waals surface area contributed by atoms with Crippen molar-refractivity contribution in [3.8, 4) is 0 Å². The van der Waals surface area contributed by atoms with Crippen molar-refractivity contribution in [1.82, 2.24) is 9.88 Å². The summed E-state index contributed by atoms with van der Waals surface area (Å²) in [6.07, 6.45) is 3.26. The van der Waals surface area contributed by atoms with Crippen molar-refractivity contribution in [3.05, 3.63) is 29.6 Å². The minimum absolute atomic E-state index is 0.00565. The van der Waals surface area contributed by atoms with Crippen LogP contribution in [0.1, 0.15) is 15.9 Å². The molecule has 1 aliphatic heterocycles. The lowest BCUT2D eigenvalue weighted by molar-refractivity contribution is 0.0302. The van der Waals surface area contributed by atoms with Gasteiger partial charge in [0, 0.05) is 32.0 Å². The third-order valence-electron chi connectivity index (χ3n) is 2.58. The Morgan fingerprint density at radius 2 is 2.19 bits per heavy atom. The first-order chi connectivity index (χ1) is 7.81. The van der Waals surface area contributed by atoms with E-state index >= 15 is 0 Å². The highest BCUT2D eigenvalue weighted by Gasteiger charge is 2.18. The molecule has 0 atom stereocenters. The van der Waals surface area contributed by atoms with E-state index in [1.807, 2.05) is 0 Å². The molecular weight excluding hydrogens is 206 g/mol. The van der Waals surface area contributed by atoms with Crippen LogP contribution in [-0.2, 0) is 11.3 Å². The second kappa shape index (κ2) is 5.05. The molecule has 1 aromatic rings. The predicted octanol–water partition coefficient (Wildman–Crippen LogP) is 0.0127. The van der Waals surface area contributed by atoms with Crippen molar-refractivity contribution in [2.45, 2.75) is 6.54 Å². The fourth-order valence-electron chi connectivity index (χ4n) is 1.67. The second-order valence-electron chi connectivity index (χ2n) is 3.69. The van der Waals surface area contributed by atoms with Gasteiger partial charge in [0.1, 0.15) is 0 Å². The number of carbonyl (C=O) groups is 1. The van der Waals surface area contributed by atoms with Crippen LogP contribution < -0.4 is 5.73 Å². The summed E-state index contributed by atoms with van der Waals surface area (Å²) in [7, 11) is 0. The molecule has 1 fully saturated rings. The first-order valence-electron chi connectivity index (χ1n) is 5.32. The van der Waals surface area contributed by atoms with E-state index in [2.05, 4.69) is 4.98 Å². The highest BCUT2D eigenvalue weighted by Crippen LogP contribution is 2.08. The van der Waals surface area contributed by atoms with E-state index < -0.39 is 0 Å². The summed E-state index contributed by atoms with van der Waals surface area (Å²) in [6, 6.07) is 1.80. The van der Waals surface area contributed by atoms with Crippen molar-refractivity contribution >= 4 is 5.91 Å². The Morgan fingerprint density at radius 3 is 2.88 bits per heavy atom. The van der Waals surface area contributed by atoms with Gasteiger partial charge in [-0.3, -0.25) is 9.78 Å². The van der Waals surface area contributed by atoms with E-state index in [1.54, 1.807) is 23.4 Å². The molecule has 5 heteroatoms. The van der Waals surface area contributed by atoms with Gasteiger partial charge in [-0.05, 0) is 11.6 Å². The first kappa shape index (κ1) is 11.0. The van der Waals surface area contributed by atoms with Gasteiger partial charge in [-0.15, -0.1) is 0 Å². The number of carbonyl (C=O) groups excluding carboxylic acids is 1.